The van der Waals surface area contributed by atoms with E-state index in [9.17, 15) is 0 Å². The molecule has 0 bridgehead atoms. The number of rotatable bonds is 1. The van der Waals surface area contributed by atoms with Crippen LogP contribution < -0.4 is 4.74 Å². The van der Waals surface area contributed by atoms with Gasteiger partial charge in [0.25, 0.3) is 0 Å². The van der Waals surface area contributed by atoms with Crippen molar-refractivity contribution in [3.8, 4) is 5.75 Å². The Morgan fingerprint density at radius 2 is 1.96 bits per heavy atom. The zero-order valence-corrected chi connectivity index (χ0v) is 13.9. The monoisotopic (exact) mass is 322 g/mol. The Morgan fingerprint density at radius 1 is 1.12 bits per heavy atom. The lowest BCUT2D eigenvalue weighted by molar-refractivity contribution is -0.145. The van der Waals surface area contributed by atoms with E-state index in [0.717, 1.165) is 42.4 Å². The minimum absolute atomic E-state index is 0.253. The Hall–Kier alpha value is -2.23. The maximum absolute atomic E-state index is 6.58. The van der Waals surface area contributed by atoms with Gasteiger partial charge >= 0.3 is 0 Å². The van der Waals surface area contributed by atoms with Gasteiger partial charge in [0.1, 0.15) is 17.2 Å². The number of furan rings is 1. The first-order valence-corrected chi connectivity index (χ1v) is 8.94. The van der Waals surface area contributed by atoms with Gasteiger partial charge in [0, 0.05) is 24.8 Å². The lowest BCUT2D eigenvalue weighted by Crippen LogP contribution is -2.55. The lowest BCUT2D eigenvalue weighted by Gasteiger charge is -2.50. The van der Waals surface area contributed by atoms with Gasteiger partial charge in [0.15, 0.2) is 5.72 Å². The zero-order valence-electron chi connectivity index (χ0n) is 13.9. The van der Waals surface area contributed by atoms with E-state index in [1.54, 1.807) is 6.26 Å². The number of hydrogen-bond donors (Lipinski definition) is 0. The normalized spacial score (nSPS) is 31.4. The zero-order chi connectivity index (χ0) is 16.1. The molecule has 5 rings (SSSR count). The predicted octanol–water partition coefficient (Wildman–Crippen LogP) is 4.73. The summed E-state index contributed by atoms with van der Waals surface area (Å²) in [5.41, 5.74) is 1.98. The molecule has 1 aliphatic carbocycles. The van der Waals surface area contributed by atoms with Crippen molar-refractivity contribution in [3.05, 3.63) is 54.0 Å². The van der Waals surface area contributed by atoms with E-state index in [0.29, 0.717) is 0 Å². The molecule has 1 saturated carbocycles. The molecule has 4 heteroatoms. The molecule has 3 aliphatic rings. The first-order chi connectivity index (χ1) is 11.8. The highest BCUT2D eigenvalue weighted by molar-refractivity contribution is 5.99. The van der Waals surface area contributed by atoms with Crippen LogP contribution in [0.1, 0.15) is 56.4 Å². The summed E-state index contributed by atoms with van der Waals surface area (Å²) in [4.78, 5) is 0. The van der Waals surface area contributed by atoms with Crippen LogP contribution >= 0.6 is 0 Å². The van der Waals surface area contributed by atoms with Gasteiger partial charge in [-0.1, -0.05) is 25.1 Å². The van der Waals surface area contributed by atoms with Crippen LogP contribution in [-0.2, 0) is 0 Å². The number of para-hydroxylation sites is 1. The molecule has 1 aromatic carbocycles. The van der Waals surface area contributed by atoms with Gasteiger partial charge in [-0.05, 0) is 37.0 Å². The first-order valence-electron chi connectivity index (χ1n) is 8.94. The van der Waals surface area contributed by atoms with Crippen molar-refractivity contribution >= 4 is 5.71 Å². The Bertz CT molecular complexity index is 773. The quantitative estimate of drug-likeness (QED) is 0.762. The standard InChI is InChI=1S/C20H22N2O2/c1-14-8-10-20(11-9-14)22-17(15-5-2-3-6-18(15)24-20)13-16(21-22)19-7-4-12-23-19/h2-7,12,14,17H,8-11,13H2,1H3/t14?,17-,20?/m0/s1. The van der Waals surface area contributed by atoms with Crippen LogP contribution in [0.25, 0.3) is 0 Å². The Kier molecular flexibility index (Phi) is 3.02. The fraction of sp³-hybridized carbons (Fsp3) is 0.450. The van der Waals surface area contributed by atoms with E-state index >= 15 is 0 Å². The minimum atomic E-state index is -0.292. The van der Waals surface area contributed by atoms with Crippen LogP contribution in [0.15, 0.2) is 52.2 Å². The van der Waals surface area contributed by atoms with Crippen LogP contribution in [0, 0.1) is 5.92 Å². The summed E-state index contributed by atoms with van der Waals surface area (Å²) >= 11 is 0. The summed E-state index contributed by atoms with van der Waals surface area (Å²) in [7, 11) is 0. The molecule has 124 valence electrons. The van der Waals surface area contributed by atoms with Crippen molar-refractivity contribution in [3.63, 3.8) is 0 Å². The van der Waals surface area contributed by atoms with Crippen LogP contribution in [0.5, 0.6) is 5.75 Å². The topological polar surface area (TPSA) is 38.0 Å². The van der Waals surface area contributed by atoms with Crippen LogP contribution in [0.2, 0.25) is 0 Å². The molecule has 0 N–H and O–H groups in total. The number of hydrogen-bond acceptors (Lipinski definition) is 4. The summed E-state index contributed by atoms with van der Waals surface area (Å²) in [6, 6.07) is 12.6. The van der Waals surface area contributed by atoms with Gasteiger partial charge in [0.05, 0.1) is 12.3 Å². The molecule has 1 atom stereocenters. The number of ether oxygens (including phenoxy) is 1. The highest BCUT2D eigenvalue weighted by atomic mass is 16.5. The van der Waals surface area contributed by atoms with E-state index in [4.69, 9.17) is 14.3 Å². The molecule has 0 radical (unpaired) electrons. The third kappa shape index (κ3) is 2.02. The Balaban J connectivity index is 1.59. The van der Waals surface area contributed by atoms with Crippen LogP contribution in [0.3, 0.4) is 0 Å². The maximum Gasteiger partial charge on any atom is 0.198 e. The molecule has 4 nitrogen and oxygen atoms in total. The lowest BCUT2D eigenvalue weighted by atomic mass is 9.82. The Morgan fingerprint density at radius 3 is 2.75 bits per heavy atom. The van der Waals surface area contributed by atoms with Gasteiger partial charge in [-0.15, -0.1) is 0 Å². The molecule has 0 amide bonds. The highest BCUT2D eigenvalue weighted by Crippen LogP contribution is 2.51. The highest BCUT2D eigenvalue weighted by Gasteiger charge is 2.51. The predicted molar refractivity (Wildman–Crippen MR) is 91.9 cm³/mol. The fourth-order valence-corrected chi connectivity index (χ4v) is 4.36. The molecule has 0 saturated heterocycles. The molecule has 1 aromatic heterocycles. The van der Waals surface area contributed by atoms with Crippen LogP contribution in [0.4, 0.5) is 0 Å². The number of nitrogens with zero attached hydrogens (tertiary/aromatic N) is 2. The molecule has 24 heavy (non-hydrogen) atoms. The van der Waals surface area contributed by atoms with Crippen molar-refractivity contribution in [2.75, 3.05) is 0 Å². The smallest absolute Gasteiger partial charge is 0.198 e. The van der Waals surface area contributed by atoms with Crippen LogP contribution in [-0.4, -0.2) is 16.4 Å². The third-order valence-electron chi connectivity index (χ3n) is 5.77. The van der Waals surface area contributed by atoms with Crippen molar-refractivity contribution in [1.29, 1.82) is 0 Å². The largest absolute Gasteiger partial charge is 0.466 e. The molecule has 1 spiro atoms. The molecule has 2 aromatic rings. The average molecular weight is 322 g/mol. The molecule has 3 heterocycles. The number of benzene rings is 1. The van der Waals surface area contributed by atoms with E-state index in [2.05, 4.69) is 36.2 Å². The van der Waals surface area contributed by atoms with Crippen molar-refractivity contribution in [2.45, 2.75) is 50.8 Å². The number of hydrazone groups is 1. The van der Waals surface area contributed by atoms with Crippen molar-refractivity contribution in [1.82, 2.24) is 5.01 Å². The summed E-state index contributed by atoms with van der Waals surface area (Å²) in [6.07, 6.45) is 7.05. The Labute approximate surface area is 142 Å². The minimum Gasteiger partial charge on any atom is -0.466 e. The van der Waals surface area contributed by atoms with E-state index in [-0.39, 0.29) is 11.8 Å². The second-order valence-corrected chi connectivity index (χ2v) is 7.36. The first kappa shape index (κ1) is 14.1. The molecule has 0 unspecified atom stereocenters. The molecule has 1 fully saturated rings. The van der Waals surface area contributed by atoms with Crippen molar-refractivity contribution in [2.24, 2.45) is 11.0 Å². The van der Waals surface area contributed by atoms with Gasteiger partial charge in [-0.25, -0.2) is 5.01 Å². The molecular formula is C20H22N2O2. The maximum atomic E-state index is 6.58. The van der Waals surface area contributed by atoms with Gasteiger partial charge in [-0.2, -0.15) is 5.10 Å². The van der Waals surface area contributed by atoms with Gasteiger partial charge in [0.2, 0.25) is 0 Å². The second kappa shape index (κ2) is 5.13. The van der Waals surface area contributed by atoms with Gasteiger partial charge in [-0.3, -0.25) is 0 Å². The SMILES string of the molecule is CC1CCC2(CC1)Oc1ccccc1[C@@H]1CC(c3ccco3)=NN12. The summed E-state index contributed by atoms with van der Waals surface area (Å²) in [6.45, 7) is 2.34. The third-order valence-corrected chi connectivity index (χ3v) is 5.77. The van der Waals surface area contributed by atoms with E-state index in [1.165, 1.54) is 18.4 Å². The summed E-state index contributed by atoms with van der Waals surface area (Å²) in [5, 5.41) is 7.23. The van der Waals surface area contributed by atoms with E-state index in [1.807, 2.05) is 12.1 Å². The number of fused-ring (bicyclic) bond motifs is 4. The summed E-state index contributed by atoms with van der Waals surface area (Å²) < 4.78 is 12.2. The summed E-state index contributed by atoms with van der Waals surface area (Å²) in [5.74, 6) is 2.68. The second-order valence-electron chi connectivity index (χ2n) is 7.36. The molecular weight excluding hydrogens is 300 g/mol. The molecule has 2 aliphatic heterocycles. The van der Waals surface area contributed by atoms with E-state index < -0.39 is 0 Å². The average Bonchev–Trinajstić information content (AvgIpc) is 3.27. The van der Waals surface area contributed by atoms with Gasteiger partial charge < -0.3 is 9.15 Å². The fourth-order valence-electron chi connectivity index (χ4n) is 4.36. The van der Waals surface area contributed by atoms with Crippen molar-refractivity contribution < 1.29 is 9.15 Å².